The molecule has 1 aliphatic heterocycles. The SMILES string of the molecule is Cc1cc(C2C(c3ccccn3)NC(=S)N2C2CCCCC2)c(C)n1-c1ccc(Cl)cc1. The first-order valence-electron chi connectivity index (χ1n) is 11.5. The van der Waals surface area contributed by atoms with E-state index in [1.807, 2.05) is 24.4 Å². The Bertz CT molecular complexity index is 1100. The van der Waals surface area contributed by atoms with Crippen molar-refractivity contribution in [1.29, 1.82) is 0 Å². The maximum Gasteiger partial charge on any atom is 0.170 e. The second kappa shape index (κ2) is 8.87. The highest BCUT2D eigenvalue weighted by Crippen LogP contribution is 2.44. The zero-order valence-corrected chi connectivity index (χ0v) is 20.2. The number of hydrogen-bond donors (Lipinski definition) is 1. The van der Waals surface area contributed by atoms with Gasteiger partial charge in [-0.05, 0) is 86.9 Å². The average Bonchev–Trinajstić information content (AvgIpc) is 3.31. The standard InChI is InChI=1S/C26H29ClN4S/c1-17-16-22(18(2)30(17)21-13-11-19(27)12-14-21)25-24(23-10-6-7-15-28-23)29-26(32)31(25)20-8-4-3-5-9-20/h6-7,10-16,20,24-25H,3-5,8-9H2,1-2H3,(H,29,32). The highest BCUT2D eigenvalue weighted by Gasteiger charge is 2.44. The number of nitrogens with zero attached hydrogens (tertiary/aromatic N) is 3. The van der Waals surface area contributed by atoms with Gasteiger partial charge in [-0.15, -0.1) is 0 Å². The summed E-state index contributed by atoms with van der Waals surface area (Å²) in [6, 6.07) is 17.2. The molecule has 5 rings (SSSR count). The van der Waals surface area contributed by atoms with Crippen molar-refractivity contribution in [3.05, 3.63) is 82.4 Å². The Balaban J connectivity index is 1.62. The predicted molar refractivity (Wildman–Crippen MR) is 134 cm³/mol. The number of aryl methyl sites for hydroxylation is 1. The molecule has 3 heterocycles. The van der Waals surface area contributed by atoms with E-state index in [1.54, 1.807) is 0 Å². The summed E-state index contributed by atoms with van der Waals surface area (Å²) in [7, 11) is 0. The Labute approximate surface area is 200 Å². The summed E-state index contributed by atoms with van der Waals surface area (Å²) >= 11 is 12.1. The van der Waals surface area contributed by atoms with Crippen LogP contribution in [0.1, 0.15) is 66.8 Å². The molecule has 1 saturated heterocycles. The van der Waals surface area contributed by atoms with Crippen LogP contribution >= 0.6 is 23.8 Å². The summed E-state index contributed by atoms with van der Waals surface area (Å²) < 4.78 is 2.32. The van der Waals surface area contributed by atoms with Gasteiger partial charge >= 0.3 is 0 Å². The molecule has 2 atom stereocenters. The summed E-state index contributed by atoms with van der Waals surface area (Å²) in [6.07, 6.45) is 8.14. The van der Waals surface area contributed by atoms with E-state index >= 15 is 0 Å². The Hall–Kier alpha value is -2.37. The summed E-state index contributed by atoms with van der Waals surface area (Å²) in [4.78, 5) is 7.19. The van der Waals surface area contributed by atoms with Gasteiger partial charge in [0, 0.05) is 34.3 Å². The lowest BCUT2D eigenvalue weighted by Crippen LogP contribution is -2.40. The van der Waals surface area contributed by atoms with Gasteiger partial charge in [-0.1, -0.05) is 36.9 Å². The van der Waals surface area contributed by atoms with Crippen molar-refractivity contribution in [2.24, 2.45) is 0 Å². The van der Waals surface area contributed by atoms with Crippen LogP contribution in [0.4, 0.5) is 0 Å². The van der Waals surface area contributed by atoms with Crippen molar-refractivity contribution in [1.82, 2.24) is 19.8 Å². The minimum atomic E-state index is 0.0322. The van der Waals surface area contributed by atoms with E-state index in [1.165, 1.54) is 49.1 Å². The molecular formula is C26H29ClN4S. The molecule has 1 aromatic carbocycles. The molecule has 1 aliphatic carbocycles. The zero-order chi connectivity index (χ0) is 22.2. The Kier molecular flexibility index (Phi) is 5.95. The van der Waals surface area contributed by atoms with E-state index in [4.69, 9.17) is 28.8 Å². The molecule has 2 aliphatic rings. The van der Waals surface area contributed by atoms with E-state index in [0.717, 1.165) is 21.5 Å². The molecule has 2 aromatic heterocycles. The van der Waals surface area contributed by atoms with E-state index in [0.29, 0.717) is 6.04 Å². The highest BCUT2D eigenvalue weighted by atomic mass is 35.5. The normalized spacial score (nSPS) is 21.7. The van der Waals surface area contributed by atoms with Crippen LogP contribution in [-0.2, 0) is 0 Å². The van der Waals surface area contributed by atoms with Gasteiger partial charge < -0.3 is 14.8 Å². The molecule has 32 heavy (non-hydrogen) atoms. The van der Waals surface area contributed by atoms with Gasteiger partial charge in [-0.2, -0.15) is 0 Å². The Morgan fingerprint density at radius 1 is 1.03 bits per heavy atom. The number of nitrogens with one attached hydrogen (secondary N) is 1. The van der Waals surface area contributed by atoms with Crippen LogP contribution < -0.4 is 5.32 Å². The number of halogens is 1. The molecule has 6 heteroatoms. The van der Waals surface area contributed by atoms with Gasteiger partial charge in [0.05, 0.1) is 17.8 Å². The molecule has 1 N–H and O–H groups in total. The summed E-state index contributed by atoms with van der Waals surface area (Å²) in [5.74, 6) is 0. The fourth-order valence-electron chi connectivity index (χ4n) is 5.53. The number of thiocarbonyl (C=S) groups is 1. The maximum atomic E-state index is 6.15. The molecule has 1 saturated carbocycles. The van der Waals surface area contributed by atoms with Crippen molar-refractivity contribution in [3.63, 3.8) is 0 Å². The van der Waals surface area contributed by atoms with Crippen LogP contribution in [0.3, 0.4) is 0 Å². The van der Waals surface area contributed by atoms with Crippen molar-refractivity contribution < 1.29 is 0 Å². The lowest BCUT2D eigenvalue weighted by atomic mass is 9.90. The van der Waals surface area contributed by atoms with Gasteiger partial charge in [0.15, 0.2) is 5.11 Å². The largest absolute Gasteiger partial charge is 0.352 e. The van der Waals surface area contributed by atoms with Crippen molar-refractivity contribution in [2.75, 3.05) is 0 Å². The van der Waals surface area contributed by atoms with Gasteiger partial charge in [0.1, 0.15) is 0 Å². The van der Waals surface area contributed by atoms with Crippen molar-refractivity contribution in [3.8, 4) is 5.69 Å². The first-order valence-corrected chi connectivity index (χ1v) is 12.3. The third-order valence-corrected chi connectivity index (χ3v) is 7.56. The molecule has 166 valence electrons. The number of aromatic nitrogens is 2. The monoisotopic (exact) mass is 464 g/mol. The van der Waals surface area contributed by atoms with Crippen LogP contribution in [0.2, 0.25) is 5.02 Å². The third-order valence-electron chi connectivity index (χ3n) is 6.98. The number of benzene rings is 1. The summed E-state index contributed by atoms with van der Waals surface area (Å²) in [5, 5.41) is 5.24. The van der Waals surface area contributed by atoms with Crippen LogP contribution in [-0.4, -0.2) is 25.6 Å². The minimum Gasteiger partial charge on any atom is -0.352 e. The smallest absolute Gasteiger partial charge is 0.170 e. The zero-order valence-electron chi connectivity index (χ0n) is 18.6. The average molecular weight is 465 g/mol. The van der Waals surface area contributed by atoms with Crippen molar-refractivity contribution in [2.45, 2.75) is 64.1 Å². The molecule has 2 fully saturated rings. The second-order valence-electron chi connectivity index (χ2n) is 8.96. The second-order valence-corrected chi connectivity index (χ2v) is 9.79. The first-order chi connectivity index (χ1) is 15.5. The number of rotatable bonds is 4. The van der Waals surface area contributed by atoms with Crippen molar-refractivity contribution >= 4 is 28.9 Å². The predicted octanol–water partition coefficient (Wildman–Crippen LogP) is 6.45. The van der Waals surface area contributed by atoms with E-state index < -0.39 is 0 Å². The lowest BCUT2D eigenvalue weighted by molar-refractivity contribution is 0.197. The molecule has 3 aromatic rings. The number of pyridine rings is 1. The molecule has 0 bridgehead atoms. The van der Waals surface area contributed by atoms with E-state index in [-0.39, 0.29) is 12.1 Å². The highest BCUT2D eigenvalue weighted by molar-refractivity contribution is 7.80. The fourth-order valence-corrected chi connectivity index (χ4v) is 6.04. The topological polar surface area (TPSA) is 33.1 Å². The van der Waals surface area contributed by atoms with Gasteiger partial charge in [-0.25, -0.2) is 0 Å². The molecule has 0 radical (unpaired) electrons. The molecule has 0 spiro atoms. The van der Waals surface area contributed by atoms with E-state index in [2.05, 4.69) is 59.0 Å². The summed E-state index contributed by atoms with van der Waals surface area (Å²) in [6.45, 7) is 4.39. The summed E-state index contributed by atoms with van der Waals surface area (Å²) in [5.41, 5.74) is 5.92. The Morgan fingerprint density at radius 3 is 2.47 bits per heavy atom. The minimum absolute atomic E-state index is 0.0322. The Morgan fingerprint density at radius 2 is 1.78 bits per heavy atom. The number of hydrogen-bond acceptors (Lipinski definition) is 2. The quantitative estimate of drug-likeness (QED) is 0.450. The molecule has 2 unspecified atom stereocenters. The third kappa shape index (κ3) is 3.82. The molecule has 4 nitrogen and oxygen atoms in total. The van der Waals surface area contributed by atoms with Gasteiger partial charge in [-0.3, -0.25) is 4.98 Å². The van der Waals surface area contributed by atoms with Crippen LogP contribution in [0.15, 0.2) is 54.7 Å². The van der Waals surface area contributed by atoms with Crippen LogP contribution in [0, 0.1) is 13.8 Å². The van der Waals surface area contributed by atoms with Crippen LogP contribution in [0.25, 0.3) is 5.69 Å². The maximum absolute atomic E-state index is 6.15. The molecular weight excluding hydrogens is 436 g/mol. The van der Waals surface area contributed by atoms with Gasteiger partial charge in [0.25, 0.3) is 0 Å². The van der Waals surface area contributed by atoms with Crippen LogP contribution in [0.5, 0.6) is 0 Å². The van der Waals surface area contributed by atoms with E-state index in [9.17, 15) is 0 Å². The molecule has 0 amide bonds. The first kappa shape index (κ1) is 21.5. The lowest BCUT2D eigenvalue weighted by Gasteiger charge is -2.37. The fraction of sp³-hybridized carbons (Fsp3) is 0.385. The van der Waals surface area contributed by atoms with Gasteiger partial charge in [0.2, 0.25) is 0 Å².